The van der Waals surface area contributed by atoms with E-state index in [9.17, 15) is 0 Å². The number of rotatable bonds is 3. The molecular weight excluding hydrogens is 342 g/mol. The normalized spacial score (nSPS) is 8.50. The second kappa shape index (κ2) is 10.0. The SMILES string of the molecule is N#Cc1cccc(CBr)c1.N#Cc1cccc(CN=[N+]=[N-])c1. The lowest BCUT2D eigenvalue weighted by molar-refractivity contribution is 1.05. The molecule has 0 amide bonds. The van der Waals surface area contributed by atoms with Crippen LogP contribution in [-0.2, 0) is 11.9 Å². The first-order chi connectivity index (χ1) is 10.7. The van der Waals surface area contributed by atoms with E-state index in [1.807, 2.05) is 30.3 Å². The van der Waals surface area contributed by atoms with Gasteiger partial charge in [0.05, 0.1) is 29.8 Å². The van der Waals surface area contributed by atoms with Crippen LogP contribution < -0.4 is 0 Å². The van der Waals surface area contributed by atoms with Gasteiger partial charge in [0.15, 0.2) is 0 Å². The van der Waals surface area contributed by atoms with Crippen molar-refractivity contribution in [1.82, 2.24) is 0 Å². The Morgan fingerprint density at radius 3 is 2.05 bits per heavy atom. The second-order valence-corrected chi connectivity index (χ2v) is 4.71. The Hall–Kier alpha value is -2.79. The van der Waals surface area contributed by atoms with Crippen molar-refractivity contribution in [3.8, 4) is 12.1 Å². The minimum Gasteiger partial charge on any atom is -0.192 e. The van der Waals surface area contributed by atoms with Gasteiger partial charge in [0.1, 0.15) is 0 Å². The van der Waals surface area contributed by atoms with Crippen molar-refractivity contribution in [2.75, 3.05) is 0 Å². The summed E-state index contributed by atoms with van der Waals surface area (Å²) in [6.07, 6.45) is 0. The van der Waals surface area contributed by atoms with Gasteiger partial charge in [0, 0.05) is 10.2 Å². The molecule has 6 heteroatoms. The molecule has 0 heterocycles. The summed E-state index contributed by atoms with van der Waals surface area (Å²) in [5.41, 5.74) is 11.3. The number of alkyl halides is 1. The van der Waals surface area contributed by atoms with Crippen LogP contribution in [0.5, 0.6) is 0 Å². The summed E-state index contributed by atoms with van der Waals surface area (Å²) in [4.78, 5) is 2.63. The van der Waals surface area contributed by atoms with Crippen molar-refractivity contribution >= 4 is 15.9 Å². The zero-order chi connectivity index (χ0) is 16.2. The third-order valence-corrected chi connectivity index (χ3v) is 3.23. The minimum absolute atomic E-state index is 0.298. The predicted molar refractivity (Wildman–Crippen MR) is 87.8 cm³/mol. The van der Waals surface area contributed by atoms with Crippen molar-refractivity contribution in [1.29, 1.82) is 10.5 Å². The van der Waals surface area contributed by atoms with Crippen LogP contribution in [0.15, 0.2) is 53.6 Å². The van der Waals surface area contributed by atoms with Crippen LogP contribution in [0.4, 0.5) is 0 Å². The minimum atomic E-state index is 0.298. The zero-order valence-corrected chi connectivity index (χ0v) is 13.2. The molecule has 22 heavy (non-hydrogen) atoms. The van der Waals surface area contributed by atoms with Gasteiger partial charge in [0.2, 0.25) is 0 Å². The molecule has 0 saturated heterocycles. The molecule has 0 unspecified atom stereocenters. The van der Waals surface area contributed by atoms with Crippen LogP contribution in [-0.4, -0.2) is 0 Å². The van der Waals surface area contributed by atoms with Crippen LogP contribution >= 0.6 is 15.9 Å². The number of benzene rings is 2. The van der Waals surface area contributed by atoms with E-state index >= 15 is 0 Å². The Bertz CT molecular complexity index is 752. The number of halogens is 1. The van der Waals surface area contributed by atoms with Crippen molar-refractivity contribution in [2.45, 2.75) is 11.9 Å². The Morgan fingerprint density at radius 2 is 1.55 bits per heavy atom. The first-order valence-corrected chi connectivity index (χ1v) is 7.40. The summed E-state index contributed by atoms with van der Waals surface area (Å²) in [5, 5.41) is 21.2. The first kappa shape index (κ1) is 17.3. The fourth-order valence-electron chi connectivity index (χ4n) is 1.58. The van der Waals surface area contributed by atoms with Gasteiger partial charge in [-0.25, -0.2) is 0 Å². The summed E-state index contributed by atoms with van der Waals surface area (Å²) >= 11 is 3.31. The highest BCUT2D eigenvalue weighted by atomic mass is 79.9. The number of nitrogens with zero attached hydrogens (tertiary/aromatic N) is 5. The predicted octanol–water partition coefficient (Wildman–Crippen LogP) is 4.82. The molecule has 0 atom stereocenters. The van der Waals surface area contributed by atoms with Gasteiger partial charge >= 0.3 is 0 Å². The largest absolute Gasteiger partial charge is 0.192 e. The smallest absolute Gasteiger partial charge is 0.0991 e. The van der Waals surface area contributed by atoms with Gasteiger partial charge in [-0.05, 0) is 40.9 Å². The fraction of sp³-hybridized carbons (Fsp3) is 0.125. The lowest BCUT2D eigenvalue weighted by atomic mass is 10.1. The summed E-state index contributed by atoms with van der Waals surface area (Å²) < 4.78 is 0. The van der Waals surface area contributed by atoms with E-state index in [4.69, 9.17) is 16.1 Å². The molecule has 2 aromatic carbocycles. The highest BCUT2D eigenvalue weighted by Crippen LogP contribution is 2.07. The van der Waals surface area contributed by atoms with Crippen molar-refractivity contribution in [2.24, 2.45) is 5.11 Å². The number of hydrogen-bond donors (Lipinski definition) is 0. The highest BCUT2D eigenvalue weighted by Gasteiger charge is 1.92. The number of azide groups is 1. The molecular formula is C16H12BrN5. The summed E-state index contributed by atoms with van der Waals surface area (Å²) in [6, 6.07) is 18.6. The average Bonchev–Trinajstić information content (AvgIpc) is 2.60. The van der Waals surface area contributed by atoms with Gasteiger partial charge in [-0.3, -0.25) is 0 Å². The van der Waals surface area contributed by atoms with E-state index in [2.05, 4.69) is 32.0 Å². The van der Waals surface area contributed by atoms with Crippen LogP contribution in [0.1, 0.15) is 22.3 Å². The standard InChI is InChI=1S/C8H6BrN.C8H6N4/c9-5-7-2-1-3-8(4-7)6-10;9-5-7-2-1-3-8(4-7)6-11-12-10/h1-4H,5H2;1-4H,6H2. The van der Waals surface area contributed by atoms with Crippen LogP contribution in [0, 0.1) is 22.7 Å². The summed E-state index contributed by atoms with van der Waals surface area (Å²) in [6.45, 7) is 0.298. The summed E-state index contributed by atoms with van der Waals surface area (Å²) in [5.74, 6) is 0. The quantitative estimate of drug-likeness (QED) is 0.342. The Kier molecular flexibility index (Phi) is 7.86. The molecule has 0 spiro atoms. The molecule has 0 aromatic heterocycles. The van der Waals surface area contributed by atoms with E-state index in [0.717, 1.165) is 22.0 Å². The molecule has 0 bridgehead atoms. The topological polar surface area (TPSA) is 96.3 Å². The lowest BCUT2D eigenvalue weighted by Gasteiger charge is -1.93. The average molecular weight is 354 g/mol. The van der Waals surface area contributed by atoms with Crippen molar-refractivity contribution in [3.63, 3.8) is 0 Å². The maximum atomic E-state index is 8.53. The van der Waals surface area contributed by atoms with E-state index in [1.54, 1.807) is 24.3 Å². The molecule has 0 fully saturated rings. The van der Waals surface area contributed by atoms with E-state index in [1.165, 1.54) is 0 Å². The number of hydrogen-bond acceptors (Lipinski definition) is 3. The van der Waals surface area contributed by atoms with Gasteiger partial charge in [-0.15, -0.1) is 0 Å². The van der Waals surface area contributed by atoms with Gasteiger partial charge in [0.25, 0.3) is 0 Å². The van der Waals surface area contributed by atoms with E-state index in [0.29, 0.717) is 12.1 Å². The monoisotopic (exact) mass is 353 g/mol. The highest BCUT2D eigenvalue weighted by molar-refractivity contribution is 9.08. The first-order valence-electron chi connectivity index (χ1n) is 6.28. The Morgan fingerprint density at radius 1 is 1.00 bits per heavy atom. The molecule has 108 valence electrons. The third kappa shape index (κ3) is 6.11. The van der Waals surface area contributed by atoms with E-state index < -0.39 is 0 Å². The Balaban J connectivity index is 0.000000224. The second-order valence-electron chi connectivity index (χ2n) is 4.15. The maximum Gasteiger partial charge on any atom is 0.0991 e. The number of nitriles is 2. The molecule has 0 aliphatic carbocycles. The Labute approximate surface area is 137 Å². The zero-order valence-electron chi connectivity index (χ0n) is 11.6. The maximum absolute atomic E-state index is 8.53. The van der Waals surface area contributed by atoms with Crippen molar-refractivity contribution < 1.29 is 0 Å². The lowest BCUT2D eigenvalue weighted by Crippen LogP contribution is -1.81. The van der Waals surface area contributed by atoms with Crippen LogP contribution in [0.3, 0.4) is 0 Å². The molecule has 0 saturated carbocycles. The molecule has 2 rings (SSSR count). The van der Waals surface area contributed by atoms with Gasteiger partial charge in [-0.2, -0.15) is 10.5 Å². The van der Waals surface area contributed by atoms with E-state index in [-0.39, 0.29) is 0 Å². The third-order valence-electron chi connectivity index (χ3n) is 2.58. The van der Waals surface area contributed by atoms with Crippen LogP contribution in [0.25, 0.3) is 10.4 Å². The molecule has 2 aromatic rings. The van der Waals surface area contributed by atoms with Crippen LogP contribution in [0.2, 0.25) is 0 Å². The molecule has 0 aliphatic rings. The van der Waals surface area contributed by atoms with Gasteiger partial charge < -0.3 is 0 Å². The molecule has 0 N–H and O–H groups in total. The molecule has 0 aliphatic heterocycles. The van der Waals surface area contributed by atoms with Crippen molar-refractivity contribution in [3.05, 3.63) is 81.2 Å². The summed E-state index contributed by atoms with van der Waals surface area (Å²) in [7, 11) is 0. The molecule has 5 nitrogen and oxygen atoms in total. The fourth-order valence-corrected chi connectivity index (χ4v) is 1.93. The molecule has 0 radical (unpaired) electrons. The van der Waals surface area contributed by atoms with Gasteiger partial charge in [-0.1, -0.05) is 45.3 Å².